The van der Waals surface area contributed by atoms with Crippen LogP contribution in [0.1, 0.15) is 11.1 Å². The van der Waals surface area contributed by atoms with Crippen LogP contribution < -0.4 is 10.1 Å². The van der Waals surface area contributed by atoms with Crippen molar-refractivity contribution in [1.29, 1.82) is 0 Å². The van der Waals surface area contributed by atoms with Gasteiger partial charge in [-0.3, -0.25) is 14.9 Å². The number of ether oxygens (including phenoxy) is 1. The predicted molar refractivity (Wildman–Crippen MR) is 93.2 cm³/mol. The highest BCUT2D eigenvalue weighted by molar-refractivity contribution is 6.35. The van der Waals surface area contributed by atoms with Crippen molar-refractivity contribution in [2.24, 2.45) is 0 Å². The fraction of sp³-hybridized carbons (Fsp3) is 0.188. The smallest absolute Gasteiger partial charge is 0.270 e. The lowest BCUT2D eigenvalue weighted by Crippen LogP contribution is -2.21. The number of non-ortho nitro benzene ring substituents is 1. The first-order valence-electron chi connectivity index (χ1n) is 6.91. The third kappa shape index (κ3) is 4.37. The van der Waals surface area contributed by atoms with Crippen molar-refractivity contribution in [1.82, 2.24) is 0 Å². The Labute approximate surface area is 148 Å². The van der Waals surface area contributed by atoms with Gasteiger partial charge in [-0.2, -0.15) is 0 Å². The second-order valence-corrected chi connectivity index (χ2v) is 5.97. The van der Waals surface area contributed by atoms with Crippen LogP contribution in [0.5, 0.6) is 5.75 Å². The Bertz CT molecular complexity index is 786. The molecule has 0 fully saturated rings. The number of rotatable bonds is 5. The number of nitro benzene ring substituents is 1. The summed E-state index contributed by atoms with van der Waals surface area (Å²) in [6.07, 6.45) is 0. The summed E-state index contributed by atoms with van der Waals surface area (Å²) in [5.74, 6) is -0.0607. The molecule has 0 radical (unpaired) electrons. The fourth-order valence-corrected chi connectivity index (χ4v) is 2.62. The third-order valence-corrected chi connectivity index (χ3v) is 3.78. The van der Waals surface area contributed by atoms with E-state index in [1.54, 1.807) is 26.0 Å². The summed E-state index contributed by atoms with van der Waals surface area (Å²) >= 11 is 11.8. The molecule has 6 nitrogen and oxygen atoms in total. The van der Waals surface area contributed by atoms with Crippen LogP contribution in [0.4, 0.5) is 11.4 Å². The van der Waals surface area contributed by atoms with Crippen LogP contribution in [0.15, 0.2) is 30.3 Å². The van der Waals surface area contributed by atoms with Crippen LogP contribution in [0, 0.1) is 24.0 Å². The van der Waals surface area contributed by atoms with Crippen LogP contribution in [0.2, 0.25) is 10.0 Å². The fourth-order valence-electron chi connectivity index (χ4n) is 2.15. The largest absolute Gasteiger partial charge is 0.482 e. The number of halogens is 2. The van der Waals surface area contributed by atoms with E-state index in [2.05, 4.69) is 5.32 Å². The molecule has 0 heterocycles. The summed E-state index contributed by atoms with van der Waals surface area (Å²) in [6, 6.07) is 7.49. The maximum absolute atomic E-state index is 12.0. The lowest BCUT2D eigenvalue weighted by molar-refractivity contribution is -0.384. The molecule has 2 aromatic rings. The summed E-state index contributed by atoms with van der Waals surface area (Å²) in [6.45, 7) is 3.12. The second kappa shape index (κ2) is 7.51. The van der Waals surface area contributed by atoms with Crippen molar-refractivity contribution in [3.8, 4) is 5.75 Å². The van der Waals surface area contributed by atoms with Gasteiger partial charge in [0.15, 0.2) is 6.61 Å². The number of nitrogens with one attached hydrogen (secondary N) is 1. The van der Waals surface area contributed by atoms with E-state index in [1.807, 2.05) is 0 Å². The maximum Gasteiger partial charge on any atom is 0.270 e. The van der Waals surface area contributed by atoms with Gasteiger partial charge in [-0.15, -0.1) is 0 Å². The molecule has 0 aliphatic heterocycles. The molecule has 2 rings (SSSR count). The van der Waals surface area contributed by atoms with E-state index in [-0.39, 0.29) is 12.3 Å². The molecule has 1 N–H and O–H groups in total. The minimum absolute atomic E-state index is 0.0211. The molecule has 0 aromatic heterocycles. The Hall–Kier alpha value is -2.31. The van der Waals surface area contributed by atoms with Crippen LogP contribution >= 0.6 is 23.2 Å². The number of amides is 1. The van der Waals surface area contributed by atoms with Gasteiger partial charge in [0.2, 0.25) is 0 Å². The number of carbonyl (C=O) groups excluding carboxylic acids is 1. The van der Waals surface area contributed by atoms with E-state index in [9.17, 15) is 14.9 Å². The van der Waals surface area contributed by atoms with Gasteiger partial charge in [-0.1, -0.05) is 23.2 Å². The zero-order valence-electron chi connectivity index (χ0n) is 12.9. The molecule has 0 saturated heterocycles. The molecule has 0 atom stereocenters. The average Bonchev–Trinajstić information content (AvgIpc) is 2.49. The number of nitrogens with zero attached hydrogens (tertiary/aromatic N) is 1. The van der Waals surface area contributed by atoms with Gasteiger partial charge in [0, 0.05) is 22.8 Å². The van der Waals surface area contributed by atoms with E-state index < -0.39 is 10.8 Å². The van der Waals surface area contributed by atoms with E-state index >= 15 is 0 Å². The van der Waals surface area contributed by atoms with Crippen LogP contribution in [-0.4, -0.2) is 17.4 Å². The summed E-state index contributed by atoms with van der Waals surface area (Å²) in [5, 5.41) is 14.3. The Kier molecular flexibility index (Phi) is 5.64. The minimum atomic E-state index is -0.475. The van der Waals surface area contributed by atoms with Crippen molar-refractivity contribution in [2.75, 3.05) is 11.9 Å². The topological polar surface area (TPSA) is 81.5 Å². The number of aryl methyl sites for hydroxylation is 2. The molecule has 0 saturated carbocycles. The molecule has 0 spiro atoms. The van der Waals surface area contributed by atoms with Crippen molar-refractivity contribution in [3.63, 3.8) is 0 Å². The van der Waals surface area contributed by atoms with E-state index in [1.165, 1.54) is 18.2 Å². The molecule has 1 amide bonds. The molecular weight excluding hydrogens is 355 g/mol. The van der Waals surface area contributed by atoms with Gasteiger partial charge in [0.1, 0.15) is 5.75 Å². The Morgan fingerprint density at radius 1 is 1.21 bits per heavy atom. The van der Waals surface area contributed by atoms with Crippen molar-refractivity contribution < 1.29 is 14.5 Å². The number of hydrogen-bond acceptors (Lipinski definition) is 4. The Morgan fingerprint density at radius 3 is 2.38 bits per heavy atom. The number of benzene rings is 2. The van der Waals surface area contributed by atoms with Crippen LogP contribution in [-0.2, 0) is 4.79 Å². The number of carbonyl (C=O) groups is 1. The van der Waals surface area contributed by atoms with Gasteiger partial charge in [-0.05, 0) is 43.2 Å². The van der Waals surface area contributed by atoms with Gasteiger partial charge in [0.25, 0.3) is 11.6 Å². The van der Waals surface area contributed by atoms with Gasteiger partial charge >= 0.3 is 0 Å². The summed E-state index contributed by atoms with van der Waals surface area (Å²) in [7, 11) is 0. The highest BCUT2D eigenvalue weighted by Crippen LogP contribution is 2.28. The third-order valence-electron chi connectivity index (χ3n) is 3.25. The molecule has 24 heavy (non-hydrogen) atoms. The van der Waals surface area contributed by atoms with Crippen molar-refractivity contribution in [3.05, 3.63) is 61.6 Å². The minimum Gasteiger partial charge on any atom is -0.482 e. The van der Waals surface area contributed by atoms with Crippen LogP contribution in [0.25, 0.3) is 0 Å². The molecule has 8 heteroatoms. The van der Waals surface area contributed by atoms with E-state index in [4.69, 9.17) is 27.9 Å². The first-order valence-corrected chi connectivity index (χ1v) is 7.67. The molecule has 0 unspecified atom stereocenters. The molecule has 2 aromatic carbocycles. The Morgan fingerprint density at radius 2 is 1.83 bits per heavy atom. The quantitative estimate of drug-likeness (QED) is 0.620. The lowest BCUT2D eigenvalue weighted by atomic mass is 10.1. The monoisotopic (exact) mass is 368 g/mol. The first kappa shape index (κ1) is 18.0. The average molecular weight is 369 g/mol. The number of anilines is 1. The molecule has 0 bridgehead atoms. The van der Waals surface area contributed by atoms with Gasteiger partial charge in [0.05, 0.1) is 9.95 Å². The summed E-state index contributed by atoms with van der Waals surface area (Å²) in [5.41, 5.74) is 1.70. The van der Waals surface area contributed by atoms with E-state index in [0.717, 1.165) is 0 Å². The first-order chi connectivity index (χ1) is 11.3. The SMILES string of the molecule is Cc1cc([N+](=O)[O-])cc(C)c1NC(=O)COc1ccc(Cl)cc1Cl. The maximum atomic E-state index is 12.0. The highest BCUT2D eigenvalue weighted by Gasteiger charge is 2.14. The van der Waals surface area contributed by atoms with Gasteiger partial charge in [-0.25, -0.2) is 0 Å². The molecular formula is C16H14Cl2N2O4. The predicted octanol–water partition coefficient (Wildman–Crippen LogP) is 4.54. The molecule has 0 aliphatic carbocycles. The zero-order chi connectivity index (χ0) is 17.9. The van der Waals surface area contributed by atoms with Gasteiger partial charge < -0.3 is 10.1 Å². The standard InChI is InChI=1S/C16H14Cl2N2O4/c1-9-5-12(20(22)23)6-10(2)16(9)19-15(21)8-24-14-4-3-11(17)7-13(14)18/h3-7H,8H2,1-2H3,(H,19,21). The second-order valence-electron chi connectivity index (χ2n) is 5.12. The van der Waals surface area contributed by atoms with Crippen molar-refractivity contribution >= 4 is 40.5 Å². The molecule has 0 aliphatic rings. The lowest BCUT2D eigenvalue weighted by Gasteiger charge is -2.13. The number of nitro groups is 1. The Balaban J connectivity index is 2.06. The number of hydrogen-bond donors (Lipinski definition) is 1. The van der Waals surface area contributed by atoms with E-state index in [0.29, 0.717) is 32.6 Å². The highest BCUT2D eigenvalue weighted by atomic mass is 35.5. The summed E-state index contributed by atoms with van der Waals surface area (Å²) < 4.78 is 5.36. The zero-order valence-corrected chi connectivity index (χ0v) is 14.4. The normalized spacial score (nSPS) is 10.3. The van der Waals surface area contributed by atoms with Crippen molar-refractivity contribution in [2.45, 2.75) is 13.8 Å². The molecule has 126 valence electrons. The van der Waals surface area contributed by atoms with Crippen LogP contribution in [0.3, 0.4) is 0 Å². The summed E-state index contributed by atoms with van der Waals surface area (Å²) in [4.78, 5) is 22.4.